The Kier molecular flexibility index (Phi) is 7.00. The Morgan fingerprint density at radius 3 is 2.56 bits per heavy atom. The number of nitrogens with zero attached hydrogens (tertiary/aromatic N) is 2. The monoisotopic (exact) mass is 435 g/mol. The number of ether oxygens (including phenoxy) is 2. The van der Waals surface area contributed by atoms with Crippen LogP contribution in [0.25, 0.3) is 0 Å². The van der Waals surface area contributed by atoms with Crippen LogP contribution in [0.4, 0.5) is 0 Å². The zero-order valence-corrected chi connectivity index (χ0v) is 19.0. The molecule has 0 saturated carbocycles. The van der Waals surface area contributed by atoms with E-state index >= 15 is 0 Å². The molecule has 0 spiro atoms. The van der Waals surface area contributed by atoms with Gasteiger partial charge in [-0.1, -0.05) is 30.3 Å². The van der Waals surface area contributed by atoms with Crippen LogP contribution in [-0.4, -0.2) is 41.4 Å². The fraction of sp³-hybridized carbons (Fsp3) is 0.423. The van der Waals surface area contributed by atoms with Crippen LogP contribution >= 0.6 is 0 Å². The highest BCUT2D eigenvalue weighted by atomic mass is 16.5. The molecule has 2 aromatic rings. The maximum absolute atomic E-state index is 11.9. The molecule has 0 aromatic heterocycles. The summed E-state index contributed by atoms with van der Waals surface area (Å²) >= 11 is 0. The number of primary amides is 1. The van der Waals surface area contributed by atoms with Crippen molar-refractivity contribution in [3.63, 3.8) is 0 Å². The van der Waals surface area contributed by atoms with E-state index in [0.717, 1.165) is 35.5 Å². The molecule has 170 valence electrons. The summed E-state index contributed by atoms with van der Waals surface area (Å²) in [6, 6.07) is 18.8. The third-order valence-corrected chi connectivity index (χ3v) is 6.41. The average Bonchev–Trinajstić information content (AvgIpc) is 3.35. The van der Waals surface area contributed by atoms with E-state index in [1.807, 2.05) is 49.4 Å². The SMILES string of the molecule is CC1=C(C(N)=O)OC(c2ccc(OCCCN3CCCC3C)cc2)N1Cc1ccccc1. The molecular formula is C26H33N3O3. The van der Waals surface area contributed by atoms with Crippen molar-refractivity contribution in [1.29, 1.82) is 0 Å². The van der Waals surface area contributed by atoms with E-state index in [-0.39, 0.29) is 5.76 Å². The summed E-state index contributed by atoms with van der Waals surface area (Å²) in [4.78, 5) is 16.5. The van der Waals surface area contributed by atoms with Crippen LogP contribution in [0.1, 0.15) is 50.5 Å². The summed E-state index contributed by atoms with van der Waals surface area (Å²) in [7, 11) is 0. The van der Waals surface area contributed by atoms with Gasteiger partial charge in [-0.15, -0.1) is 0 Å². The van der Waals surface area contributed by atoms with Crippen molar-refractivity contribution in [3.8, 4) is 5.75 Å². The van der Waals surface area contributed by atoms with Crippen molar-refractivity contribution in [2.45, 2.75) is 51.9 Å². The third kappa shape index (κ3) is 5.07. The molecule has 1 amide bonds. The predicted molar refractivity (Wildman–Crippen MR) is 125 cm³/mol. The first-order valence-corrected chi connectivity index (χ1v) is 11.5. The van der Waals surface area contributed by atoms with E-state index in [1.54, 1.807) is 0 Å². The predicted octanol–water partition coefficient (Wildman–Crippen LogP) is 4.19. The minimum atomic E-state index is -0.546. The summed E-state index contributed by atoms with van der Waals surface area (Å²) < 4.78 is 12.0. The van der Waals surface area contributed by atoms with Crippen LogP contribution in [0, 0.1) is 0 Å². The maximum atomic E-state index is 11.9. The number of hydrogen-bond acceptors (Lipinski definition) is 5. The zero-order chi connectivity index (χ0) is 22.5. The Morgan fingerprint density at radius 1 is 1.16 bits per heavy atom. The second-order valence-electron chi connectivity index (χ2n) is 8.66. The molecule has 1 saturated heterocycles. The number of rotatable bonds is 9. The van der Waals surface area contributed by atoms with Crippen LogP contribution in [0.3, 0.4) is 0 Å². The number of allylic oxidation sites excluding steroid dienone is 1. The lowest BCUT2D eigenvalue weighted by atomic mass is 10.1. The highest BCUT2D eigenvalue weighted by Crippen LogP contribution is 2.38. The smallest absolute Gasteiger partial charge is 0.285 e. The van der Waals surface area contributed by atoms with Gasteiger partial charge in [0.2, 0.25) is 5.76 Å². The molecule has 4 rings (SSSR count). The number of benzene rings is 2. The second kappa shape index (κ2) is 10.1. The normalized spacial score (nSPS) is 21.1. The number of nitrogens with two attached hydrogens (primary N) is 1. The Morgan fingerprint density at radius 2 is 1.91 bits per heavy atom. The molecule has 2 heterocycles. The molecule has 2 aromatic carbocycles. The second-order valence-corrected chi connectivity index (χ2v) is 8.66. The van der Waals surface area contributed by atoms with Gasteiger partial charge in [-0.25, -0.2) is 0 Å². The topological polar surface area (TPSA) is 68.0 Å². The Labute approximate surface area is 190 Å². The van der Waals surface area contributed by atoms with Crippen molar-refractivity contribution in [2.24, 2.45) is 5.73 Å². The summed E-state index contributed by atoms with van der Waals surface area (Å²) in [5.41, 5.74) is 8.40. The van der Waals surface area contributed by atoms with Gasteiger partial charge in [0, 0.05) is 24.7 Å². The molecular weight excluding hydrogens is 402 g/mol. The quantitative estimate of drug-likeness (QED) is 0.598. The van der Waals surface area contributed by atoms with E-state index < -0.39 is 12.1 Å². The molecule has 6 heteroatoms. The van der Waals surface area contributed by atoms with Crippen LogP contribution in [0.5, 0.6) is 5.75 Å². The van der Waals surface area contributed by atoms with Gasteiger partial charge in [0.1, 0.15) is 5.75 Å². The first-order chi connectivity index (χ1) is 15.5. The van der Waals surface area contributed by atoms with Crippen molar-refractivity contribution >= 4 is 5.91 Å². The molecule has 2 unspecified atom stereocenters. The summed E-state index contributed by atoms with van der Waals surface area (Å²) in [6.45, 7) is 7.80. The average molecular weight is 436 g/mol. The first kappa shape index (κ1) is 22.2. The minimum Gasteiger partial charge on any atom is -0.494 e. The third-order valence-electron chi connectivity index (χ3n) is 6.41. The molecule has 0 aliphatic carbocycles. The van der Waals surface area contributed by atoms with E-state index in [2.05, 4.69) is 28.9 Å². The van der Waals surface area contributed by atoms with E-state index in [9.17, 15) is 4.79 Å². The Hall–Kier alpha value is -2.99. The van der Waals surface area contributed by atoms with Crippen molar-refractivity contribution in [1.82, 2.24) is 9.80 Å². The number of likely N-dealkylation sites (tertiary alicyclic amines) is 1. The van der Waals surface area contributed by atoms with Crippen LogP contribution in [0.2, 0.25) is 0 Å². The van der Waals surface area contributed by atoms with Gasteiger partial charge in [0.05, 0.1) is 12.3 Å². The van der Waals surface area contributed by atoms with Crippen LogP contribution in [-0.2, 0) is 16.1 Å². The number of carbonyl (C=O) groups is 1. The van der Waals surface area contributed by atoms with Crippen molar-refractivity contribution in [3.05, 3.63) is 77.2 Å². The van der Waals surface area contributed by atoms with Gasteiger partial charge >= 0.3 is 0 Å². The summed E-state index contributed by atoms with van der Waals surface area (Å²) in [6.07, 6.45) is 3.23. The molecule has 32 heavy (non-hydrogen) atoms. The van der Waals surface area contributed by atoms with Gasteiger partial charge in [-0.05, 0) is 69.5 Å². The molecule has 2 N–H and O–H groups in total. The molecule has 1 fully saturated rings. The lowest BCUT2D eigenvalue weighted by Gasteiger charge is -2.27. The van der Waals surface area contributed by atoms with E-state index in [1.165, 1.54) is 19.4 Å². The van der Waals surface area contributed by atoms with Gasteiger partial charge in [0.25, 0.3) is 5.91 Å². The zero-order valence-electron chi connectivity index (χ0n) is 19.0. The Bertz CT molecular complexity index is 943. The van der Waals surface area contributed by atoms with Gasteiger partial charge < -0.3 is 25.0 Å². The van der Waals surface area contributed by atoms with Crippen molar-refractivity contribution < 1.29 is 14.3 Å². The van der Waals surface area contributed by atoms with Crippen LogP contribution < -0.4 is 10.5 Å². The first-order valence-electron chi connectivity index (χ1n) is 11.5. The number of hydrogen-bond donors (Lipinski definition) is 1. The number of amides is 1. The molecule has 6 nitrogen and oxygen atoms in total. The Balaban J connectivity index is 1.38. The van der Waals surface area contributed by atoms with E-state index in [0.29, 0.717) is 19.2 Å². The molecule has 2 aliphatic heterocycles. The van der Waals surface area contributed by atoms with Crippen LogP contribution in [0.15, 0.2) is 66.1 Å². The summed E-state index contributed by atoms with van der Waals surface area (Å²) in [5, 5.41) is 0. The van der Waals surface area contributed by atoms with Gasteiger partial charge in [-0.2, -0.15) is 0 Å². The minimum absolute atomic E-state index is 0.224. The lowest BCUT2D eigenvalue weighted by Crippen LogP contribution is -2.28. The largest absolute Gasteiger partial charge is 0.494 e. The van der Waals surface area contributed by atoms with Gasteiger partial charge in [0.15, 0.2) is 6.23 Å². The molecule has 0 radical (unpaired) electrons. The molecule has 0 bridgehead atoms. The lowest BCUT2D eigenvalue weighted by molar-refractivity contribution is -0.119. The highest BCUT2D eigenvalue weighted by Gasteiger charge is 2.34. The van der Waals surface area contributed by atoms with E-state index in [4.69, 9.17) is 15.2 Å². The van der Waals surface area contributed by atoms with Crippen molar-refractivity contribution in [2.75, 3.05) is 19.7 Å². The summed E-state index contributed by atoms with van der Waals surface area (Å²) in [5.74, 6) is 0.522. The standard InChI is InChI=1S/C26H33N3O3/c1-19-8-6-15-28(19)16-7-17-31-23-13-11-22(12-14-23)26-29(18-21-9-4-3-5-10-21)20(2)24(32-26)25(27)30/h3-5,9-14,19,26H,6-8,15-18H2,1-2H3,(H2,27,30). The number of carbonyl (C=O) groups excluding carboxylic acids is 1. The fourth-order valence-corrected chi connectivity index (χ4v) is 4.54. The molecule has 2 aliphatic rings. The highest BCUT2D eigenvalue weighted by molar-refractivity contribution is 5.90. The molecule has 2 atom stereocenters. The maximum Gasteiger partial charge on any atom is 0.285 e. The van der Waals surface area contributed by atoms with Gasteiger partial charge in [-0.3, -0.25) is 4.79 Å². The fourth-order valence-electron chi connectivity index (χ4n) is 4.54.